The van der Waals surface area contributed by atoms with Crippen LogP contribution in [0.25, 0.3) is 22.4 Å². The molecule has 2 aromatic heterocycles. The zero-order valence-electron chi connectivity index (χ0n) is 20.6. The van der Waals surface area contributed by atoms with Gasteiger partial charge in [-0.15, -0.1) is 0 Å². The summed E-state index contributed by atoms with van der Waals surface area (Å²) in [7, 11) is -2.70. The molecule has 0 saturated carbocycles. The molecule has 192 valence electrons. The van der Waals surface area contributed by atoms with Crippen molar-refractivity contribution in [3.63, 3.8) is 0 Å². The van der Waals surface area contributed by atoms with Crippen molar-refractivity contribution < 1.29 is 22.7 Å². The number of amides is 2. The van der Waals surface area contributed by atoms with Crippen LogP contribution < -0.4 is 10.3 Å². The first kappa shape index (κ1) is 25.4. The Kier molecular flexibility index (Phi) is 6.85. The van der Waals surface area contributed by atoms with E-state index in [1.54, 1.807) is 20.9 Å². The van der Waals surface area contributed by atoms with E-state index in [0.29, 0.717) is 39.7 Å². The van der Waals surface area contributed by atoms with Gasteiger partial charge in [-0.3, -0.25) is 19.1 Å². The first-order valence-electron chi connectivity index (χ1n) is 11.7. The average molecular weight is 517 g/mol. The van der Waals surface area contributed by atoms with Crippen molar-refractivity contribution in [3.05, 3.63) is 34.2 Å². The number of nitrogens with one attached hydrogen (secondary N) is 1. The molecule has 1 N–H and O–H groups in total. The van der Waals surface area contributed by atoms with Gasteiger partial charge in [-0.2, -0.15) is 5.10 Å². The molecule has 12 nitrogen and oxygen atoms in total. The SMILES string of the molecule is CCCc1nn(C)c2c(=O)[nH]c(-c3cc(S(=O)(=O)N4CC(=O)N(CC)CC4=O)ccc3OCC)nc12. The van der Waals surface area contributed by atoms with E-state index in [2.05, 4.69) is 15.1 Å². The minimum absolute atomic E-state index is 0.108. The van der Waals surface area contributed by atoms with Crippen LogP contribution in [0.2, 0.25) is 0 Å². The summed E-state index contributed by atoms with van der Waals surface area (Å²) in [5, 5.41) is 4.41. The first-order valence-corrected chi connectivity index (χ1v) is 13.1. The molecular formula is C23H28N6O6S. The molecule has 13 heteroatoms. The summed E-state index contributed by atoms with van der Waals surface area (Å²) in [6, 6.07) is 4.04. The van der Waals surface area contributed by atoms with Gasteiger partial charge in [0, 0.05) is 13.6 Å². The zero-order chi connectivity index (χ0) is 26.2. The van der Waals surface area contributed by atoms with Crippen molar-refractivity contribution in [3.8, 4) is 17.1 Å². The van der Waals surface area contributed by atoms with E-state index in [-0.39, 0.29) is 29.4 Å². The van der Waals surface area contributed by atoms with Gasteiger partial charge in [-0.1, -0.05) is 13.3 Å². The number of fused-ring (bicyclic) bond motifs is 1. The normalized spacial score (nSPS) is 14.7. The van der Waals surface area contributed by atoms with Crippen LogP contribution in [0.15, 0.2) is 27.9 Å². The molecule has 0 unspecified atom stereocenters. The number of aromatic nitrogens is 4. The van der Waals surface area contributed by atoms with E-state index in [1.165, 1.54) is 27.8 Å². The Bertz CT molecular complexity index is 1510. The number of benzene rings is 1. The fourth-order valence-corrected chi connectivity index (χ4v) is 5.56. The number of hydrogen-bond acceptors (Lipinski definition) is 8. The van der Waals surface area contributed by atoms with Crippen LogP contribution in [0.1, 0.15) is 32.9 Å². The summed E-state index contributed by atoms with van der Waals surface area (Å²) in [6.45, 7) is 5.17. The summed E-state index contributed by atoms with van der Waals surface area (Å²) < 4.78 is 34.5. The number of ether oxygens (including phenoxy) is 1. The highest BCUT2D eigenvalue weighted by atomic mass is 32.2. The molecule has 1 aliphatic heterocycles. The Balaban J connectivity index is 1.85. The third-order valence-corrected chi connectivity index (χ3v) is 7.72. The van der Waals surface area contributed by atoms with Crippen LogP contribution in [0.4, 0.5) is 0 Å². The highest BCUT2D eigenvalue weighted by Gasteiger charge is 2.38. The molecule has 0 spiro atoms. The number of aryl methyl sites for hydroxylation is 2. The van der Waals surface area contributed by atoms with Gasteiger partial charge in [0.1, 0.15) is 30.2 Å². The van der Waals surface area contributed by atoms with Crippen LogP contribution in [0.5, 0.6) is 5.75 Å². The van der Waals surface area contributed by atoms with E-state index in [9.17, 15) is 22.8 Å². The molecule has 3 heterocycles. The lowest BCUT2D eigenvalue weighted by Crippen LogP contribution is -2.55. The lowest BCUT2D eigenvalue weighted by Gasteiger charge is -2.32. The lowest BCUT2D eigenvalue weighted by molar-refractivity contribution is -0.145. The first-order chi connectivity index (χ1) is 17.1. The van der Waals surface area contributed by atoms with E-state index < -0.39 is 33.9 Å². The number of carbonyl (C=O) groups is 2. The molecule has 2 amide bonds. The maximum atomic E-state index is 13.4. The number of hydrogen-bond donors (Lipinski definition) is 1. The van der Waals surface area contributed by atoms with Gasteiger partial charge in [0.05, 0.1) is 22.8 Å². The van der Waals surface area contributed by atoms with Crippen molar-refractivity contribution in [1.29, 1.82) is 0 Å². The molecule has 36 heavy (non-hydrogen) atoms. The van der Waals surface area contributed by atoms with Gasteiger partial charge >= 0.3 is 0 Å². The largest absolute Gasteiger partial charge is 0.493 e. The van der Waals surface area contributed by atoms with Crippen molar-refractivity contribution in [1.82, 2.24) is 29.0 Å². The zero-order valence-corrected chi connectivity index (χ0v) is 21.4. The summed E-state index contributed by atoms with van der Waals surface area (Å²) in [5.41, 5.74) is 1.18. The number of aromatic amines is 1. The molecular weight excluding hydrogens is 488 g/mol. The fourth-order valence-electron chi connectivity index (χ4n) is 4.19. The maximum Gasteiger partial charge on any atom is 0.277 e. The molecule has 0 atom stereocenters. The second-order valence-electron chi connectivity index (χ2n) is 8.34. The number of likely N-dealkylation sites (N-methyl/N-ethyl adjacent to an activating group) is 1. The Morgan fingerprint density at radius 1 is 1.08 bits per heavy atom. The van der Waals surface area contributed by atoms with Gasteiger partial charge < -0.3 is 14.6 Å². The Labute approximate surface area is 207 Å². The molecule has 1 aliphatic rings. The summed E-state index contributed by atoms with van der Waals surface area (Å²) >= 11 is 0. The third-order valence-electron chi connectivity index (χ3n) is 5.96. The molecule has 1 fully saturated rings. The highest BCUT2D eigenvalue weighted by Crippen LogP contribution is 2.32. The van der Waals surface area contributed by atoms with Gasteiger partial charge in [-0.05, 0) is 38.5 Å². The number of carbonyl (C=O) groups excluding carboxylic acids is 2. The smallest absolute Gasteiger partial charge is 0.277 e. The van der Waals surface area contributed by atoms with Crippen LogP contribution in [-0.2, 0) is 33.1 Å². The fraction of sp³-hybridized carbons (Fsp3) is 0.435. The Hall–Kier alpha value is -3.74. The minimum Gasteiger partial charge on any atom is -0.493 e. The van der Waals surface area contributed by atoms with Gasteiger partial charge in [0.25, 0.3) is 21.5 Å². The molecule has 1 aromatic carbocycles. The predicted octanol–water partition coefficient (Wildman–Crippen LogP) is 1.05. The lowest BCUT2D eigenvalue weighted by atomic mass is 10.1. The highest BCUT2D eigenvalue weighted by molar-refractivity contribution is 7.89. The van der Waals surface area contributed by atoms with E-state index in [4.69, 9.17) is 4.74 Å². The Morgan fingerprint density at radius 3 is 2.50 bits per heavy atom. The van der Waals surface area contributed by atoms with Gasteiger partial charge in [0.2, 0.25) is 5.91 Å². The molecule has 0 radical (unpaired) electrons. The van der Waals surface area contributed by atoms with Crippen molar-refractivity contribution in [2.45, 2.75) is 38.5 Å². The molecule has 1 saturated heterocycles. The molecule has 0 bridgehead atoms. The van der Waals surface area contributed by atoms with Gasteiger partial charge in [0.15, 0.2) is 5.52 Å². The van der Waals surface area contributed by atoms with Crippen molar-refractivity contribution >= 4 is 32.9 Å². The maximum absolute atomic E-state index is 13.4. The minimum atomic E-state index is -4.36. The average Bonchev–Trinajstić information content (AvgIpc) is 3.16. The number of rotatable bonds is 8. The van der Waals surface area contributed by atoms with Crippen LogP contribution in [0.3, 0.4) is 0 Å². The van der Waals surface area contributed by atoms with Gasteiger partial charge in [-0.25, -0.2) is 17.7 Å². The third kappa shape index (κ3) is 4.34. The van der Waals surface area contributed by atoms with E-state index in [0.717, 1.165) is 6.42 Å². The van der Waals surface area contributed by atoms with E-state index in [1.807, 2.05) is 6.92 Å². The standard InChI is InChI=1S/C23H28N6O6S/c1-5-8-16-20-21(27(4)26-16)23(32)25-22(24-20)15-11-14(9-10-17(15)35-7-3)36(33,34)29-13-18(30)28(6-2)12-19(29)31/h9-11H,5-8,12-13H2,1-4H3,(H,24,25,32). The second kappa shape index (κ2) is 9.72. The number of piperazine rings is 1. The number of sulfonamides is 1. The molecule has 0 aliphatic carbocycles. The number of H-pyrrole nitrogens is 1. The van der Waals surface area contributed by atoms with E-state index >= 15 is 0 Å². The van der Waals surface area contributed by atoms with Crippen molar-refractivity contribution in [2.24, 2.45) is 7.05 Å². The summed E-state index contributed by atoms with van der Waals surface area (Å²) in [5.74, 6) is -0.739. The molecule has 4 rings (SSSR count). The topological polar surface area (TPSA) is 148 Å². The monoisotopic (exact) mass is 516 g/mol. The van der Waals surface area contributed by atoms with Crippen LogP contribution in [0, 0.1) is 0 Å². The Morgan fingerprint density at radius 2 is 1.83 bits per heavy atom. The molecule has 3 aromatic rings. The predicted molar refractivity (Wildman–Crippen MR) is 131 cm³/mol. The summed E-state index contributed by atoms with van der Waals surface area (Å²) in [4.78, 5) is 46.3. The quantitative estimate of drug-likeness (QED) is 0.467. The second-order valence-corrected chi connectivity index (χ2v) is 10.2. The van der Waals surface area contributed by atoms with Crippen molar-refractivity contribution in [2.75, 3.05) is 26.2 Å². The summed E-state index contributed by atoms with van der Waals surface area (Å²) in [6.07, 6.45) is 1.41. The van der Waals surface area contributed by atoms with Crippen LogP contribution in [-0.4, -0.2) is 75.4 Å². The van der Waals surface area contributed by atoms with Crippen LogP contribution >= 0.6 is 0 Å². The number of nitrogens with zero attached hydrogens (tertiary/aromatic N) is 5.